The number of phosphoric acid groups is 1. The molecule has 0 fully saturated rings. The molecule has 1 unspecified atom stereocenters. The van der Waals surface area contributed by atoms with Crippen LogP contribution in [0.4, 0.5) is 0 Å². The third kappa shape index (κ3) is 37.4. The molecule has 11 heteroatoms. The number of phosphoric ester groups is 1. The monoisotopic (exact) mass is 777 g/mol. The number of carbonyl (C=O) groups is 3. The van der Waals surface area contributed by atoms with E-state index in [2.05, 4.69) is 68.5 Å². The van der Waals surface area contributed by atoms with E-state index in [1.165, 1.54) is 19.3 Å². The Bertz CT molecular complexity index is 1180. The van der Waals surface area contributed by atoms with Crippen LogP contribution in [0.25, 0.3) is 0 Å². The van der Waals surface area contributed by atoms with Gasteiger partial charge in [-0.2, -0.15) is 0 Å². The smallest absolute Gasteiger partial charge is 0.462 e. The molecule has 0 saturated carbocycles. The fraction of sp³-hybridized carbons (Fsp3) is 0.651. The third-order valence-corrected chi connectivity index (χ3v) is 9.04. The summed E-state index contributed by atoms with van der Waals surface area (Å²) in [5, 5.41) is 0. The van der Waals surface area contributed by atoms with Crippen molar-refractivity contribution in [1.82, 2.24) is 0 Å². The van der Waals surface area contributed by atoms with Crippen molar-refractivity contribution < 1.29 is 42.4 Å². The minimum absolute atomic E-state index is 0.0264. The standard InChI is InChI=1S/C43H72NO9P/c1-3-5-7-9-11-12-13-14-15-16-17-18-19-20-22-26-30-34-42(46)50-38-41(39-52-54(48,49)51-37-36-44)53-43(47)35-31-27-23-25-29-33-40(45)32-28-24-21-10-8-6-4-2/h5,7,11-12,14-15,17-18,21,24,28,32,41H,3-4,6,8-10,13,16,19-20,22-23,25-27,29-31,33-39,44H2,1-2H3,(H,48,49)/b7-5-,12-11-,15-14-,18-17-,24-21-,32-28+/t41-/m1/s1. The normalized spacial score (nSPS) is 14.0. The molecule has 0 aliphatic carbocycles. The lowest BCUT2D eigenvalue weighted by Gasteiger charge is -2.19. The summed E-state index contributed by atoms with van der Waals surface area (Å²) in [5.41, 5.74) is 5.33. The van der Waals surface area contributed by atoms with Gasteiger partial charge in [0.25, 0.3) is 0 Å². The summed E-state index contributed by atoms with van der Waals surface area (Å²) < 4.78 is 32.6. The number of allylic oxidation sites excluding steroid dienone is 12. The van der Waals surface area contributed by atoms with Crippen LogP contribution in [0.3, 0.4) is 0 Å². The summed E-state index contributed by atoms with van der Waals surface area (Å²) >= 11 is 0. The maximum absolute atomic E-state index is 12.5. The molecule has 0 aliphatic rings. The van der Waals surface area contributed by atoms with Gasteiger partial charge in [0.05, 0.1) is 13.2 Å². The minimum atomic E-state index is -4.42. The molecule has 54 heavy (non-hydrogen) atoms. The van der Waals surface area contributed by atoms with Gasteiger partial charge < -0.3 is 20.1 Å². The van der Waals surface area contributed by atoms with Crippen LogP contribution in [0, 0.1) is 0 Å². The van der Waals surface area contributed by atoms with Crippen molar-refractivity contribution in [3.8, 4) is 0 Å². The van der Waals surface area contributed by atoms with Crippen LogP contribution < -0.4 is 5.73 Å². The number of carbonyl (C=O) groups excluding carboxylic acids is 3. The van der Waals surface area contributed by atoms with Crippen molar-refractivity contribution in [2.45, 2.75) is 155 Å². The Morgan fingerprint density at radius 3 is 1.83 bits per heavy atom. The summed E-state index contributed by atoms with van der Waals surface area (Å²) in [6, 6.07) is 0. The molecule has 0 saturated heterocycles. The molecule has 0 spiro atoms. The van der Waals surface area contributed by atoms with E-state index in [4.69, 9.17) is 24.3 Å². The molecular weight excluding hydrogens is 705 g/mol. The van der Waals surface area contributed by atoms with Gasteiger partial charge in [-0.05, 0) is 76.7 Å². The summed E-state index contributed by atoms with van der Waals surface area (Å²) in [7, 11) is -4.42. The summed E-state index contributed by atoms with van der Waals surface area (Å²) in [4.78, 5) is 46.8. The molecule has 3 N–H and O–H groups in total. The highest BCUT2D eigenvalue weighted by Crippen LogP contribution is 2.43. The van der Waals surface area contributed by atoms with Crippen molar-refractivity contribution in [2.75, 3.05) is 26.4 Å². The number of esters is 2. The number of ketones is 1. The van der Waals surface area contributed by atoms with Crippen LogP contribution in [0.1, 0.15) is 149 Å². The lowest BCUT2D eigenvalue weighted by molar-refractivity contribution is -0.161. The van der Waals surface area contributed by atoms with Gasteiger partial charge >= 0.3 is 19.8 Å². The van der Waals surface area contributed by atoms with E-state index in [1.807, 2.05) is 12.2 Å². The quantitative estimate of drug-likeness (QED) is 0.0156. The Morgan fingerprint density at radius 1 is 0.630 bits per heavy atom. The molecule has 0 aliphatic heterocycles. The zero-order valence-corrected chi connectivity index (χ0v) is 34.3. The maximum Gasteiger partial charge on any atom is 0.472 e. The first-order valence-electron chi connectivity index (χ1n) is 20.4. The molecule has 0 aromatic heterocycles. The van der Waals surface area contributed by atoms with Gasteiger partial charge in [0.1, 0.15) is 6.61 Å². The highest BCUT2D eigenvalue weighted by Gasteiger charge is 2.26. The van der Waals surface area contributed by atoms with E-state index >= 15 is 0 Å². The summed E-state index contributed by atoms with van der Waals surface area (Å²) in [6.45, 7) is 3.37. The fourth-order valence-electron chi connectivity index (χ4n) is 5.02. The van der Waals surface area contributed by atoms with Crippen molar-refractivity contribution >= 4 is 25.5 Å². The minimum Gasteiger partial charge on any atom is -0.462 e. The lowest BCUT2D eigenvalue weighted by atomic mass is 10.1. The number of ether oxygens (including phenoxy) is 2. The van der Waals surface area contributed by atoms with Crippen molar-refractivity contribution in [1.29, 1.82) is 0 Å². The molecule has 0 amide bonds. The van der Waals surface area contributed by atoms with Crippen molar-refractivity contribution in [2.24, 2.45) is 5.73 Å². The molecular formula is C43H72NO9P. The molecule has 0 radical (unpaired) electrons. The topological polar surface area (TPSA) is 151 Å². The van der Waals surface area contributed by atoms with Gasteiger partial charge in [0, 0.05) is 25.8 Å². The van der Waals surface area contributed by atoms with Gasteiger partial charge in [-0.3, -0.25) is 23.4 Å². The van der Waals surface area contributed by atoms with Crippen LogP contribution in [-0.4, -0.2) is 55.1 Å². The van der Waals surface area contributed by atoms with Gasteiger partial charge in [-0.1, -0.05) is 126 Å². The summed E-state index contributed by atoms with van der Waals surface area (Å²) in [5.74, 6) is -0.846. The largest absolute Gasteiger partial charge is 0.472 e. The first-order chi connectivity index (χ1) is 26.2. The SMILES string of the molecule is CC/C=C\C/C=C\C/C=C\C/C=C\CCCCCCC(=O)OC[C@H](COP(=O)(O)OCCN)OC(=O)CCCCCCCC(=O)/C=C/C=C\CCCCC. The highest BCUT2D eigenvalue weighted by molar-refractivity contribution is 7.47. The maximum atomic E-state index is 12.5. The van der Waals surface area contributed by atoms with Crippen LogP contribution in [0.5, 0.6) is 0 Å². The predicted octanol–water partition coefficient (Wildman–Crippen LogP) is 10.7. The lowest BCUT2D eigenvalue weighted by Crippen LogP contribution is -2.29. The van der Waals surface area contributed by atoms with Crippen LogP contribution in [0.2, 0.25) is 0 Å². The summed E-state index contributed by atoms with van der Waals surface area (Å²) in [6.07, 6.45) is 41.8. The second kappa shape index (κ2) is 38.4. The Morgan fingerprint density at radius 2 is 1.19 bits per heavy atom. The van der Waals surface area contributed by atoms with E-state index in [9.17, 15) is 23.8 Å². The Kier molecular flexibility index (Phi) is 36.3. The Hall–Kier alpha value is -2.88. The average Bonchev–Trinajstić information content (AvgIpc) is 3.15. The Labute approximate surface area is 327 Å². The molecule has 0 rings (SSSR count). The molecule has 2 atom stereocenters. The van der Waals surface area contributed by atoms with E-state index in [-0.39, 0.29) is 38.4 Å². The van der Waals surface area contributed by atoms with E-state index in [0.717, 1.165) is 83.5 Å². The molecule has 0 aromatic carbocycles. The number of rotatable bonds is 37. The molecule has 0 bridgehead atoms. The second-order valence-electron chi connectivity index (χ2n) is 13.2. The highest BCUT2D eigenvalue weighted by atomic mass is 31.2. The van der Waals surface area contributed by atoms with Crippen molar-refractivity contribution in [3.05, 3.63) is 72.9 Å². The van der Waals surface area contributed by atoms with Crippen LogP contribution >= 0.6 is 7.82 Å². The molecule has 0 aromatic rings. The third-order valence-electron chi connectivity index (χ3n) is 8.05. The number of hydrogen-bond donors (Lipinski definition) is 2. The average molecular weight is 778 g/mol. The van der Waals surface area contributed by atoms with Crippen LogP contribution in [-0.2, 0) is 37.5 Å². The van der Waals surface area contributed by atoms with E-state index in [0.29, 0.717) is 19.3 Å². The number of unbranched alkanes of at least 4 members (excludes halogenated alkanes) is 11. The van der Waals surface area contributed by atoms with Gasteiger partial charge in [-0.25, -0.2) is 4.57 Å². The first kappa shape index (κ1) is 51.1. The van der Waals surface area contributed by atoms with Gasteiger partial charge in [-0.15, -0.1) is 0 Å². The second-order valence-corrected chi connectivity index (χ2v) is 14.6. The van der Waals surface area contributed by atoms with E-state index in [1.54, 1.807) is 6.08 Å². The number of nitrogens with two attached hydrogens (primary N) is 1. The zero-order valence-electron chi connectivity index (χ0n) is 33.4. The van der Waals surface area contributed by atoms with Gasteiger partial charge in [0.2, 0.25) is 0 Å². The van der Waals surface area contributed by atoms with Gasteiger partial charge in [0.15, 0.2) is 11.9 Å². The Balaban J connectivity index is 4.34. The number of hydrogen-bond acceptors (Lipinski definition) is 9. The molecule has 0 heterocycles. The predicted molar refractivity (Wildman–Crippen MR) is 220 cm³/mol. The fourth-order valence-corrected chi connectivity index (χ4v) is 5.78. The molecule has 10 nitrogen and oxygen atoms in total. The molecule has 308 valence electrons. The van der Waals surface area contributed by atoms with Crippen LogP contribution in [0.15, 0.2) is 72.9 Å². The van der Waals surface area contributed by atoms with Crippen molar-refractivity contribution in [3.63, 3.8) is 0 Å². The first-order valence-corrected chi connectivity index (χ1v) is 21.9. The van der Waals surface area contributed by atoms with E-state index < -0.39 is 32.5 Å². The zero-order chi connectivity index (χ0) is 39.8.